The highest BCUT2D eigenvalue weighted by Crippen LogP contribution is 2.39. The summed E-state index contributed by atoms with van der Waals surface area (Å²) in [5.74, 6) is 0. The minimum Gasteiger partial charge on any atom is -0.307 e. The number of halogens is 2. The van der Waals surface area contributed by atoms with Gasteiger partial charge in [0.15, 0.2) is 0 Å². The normalized spacial score (nSPS) is 24.2. The van der Waals surface area contributed by atoms with E-state index in [2.05, 4.69) is 76.1 Å². The Morgan fingerprint density at radius 2 is 2.06 bits per heavy atom. The smallest absolute Gasteiger partial charge is 0.0305 e. The Labute approximate surface area is 127 Å². The van der Waals surface area contributed by atoms with Gasteiger partial charge in [0, 0.05) is 21.0 Å². The summed E-state index contributed by atoms with van der Waals surface area (Å²) in [4.78, 5) is 0. The van der Waals surface area contributed by atoms with E-state index in [0.717, 1.165) is 4.47 Å². The Morgan fingerprint density at radius 3 is 2.61 bits per heavy atom. The summed E-state index contributed by atoms with van der Waals surface area (Å²) in [5.41, 5.74) is 1.76. The Bertz CT molecular complexity index is 429. The van der Waals surface area contributed by atoms with Crippen molar-refractivity contribution in [3.05, 3.63) is 32.7 Å². The average molecular weight is 375 g/mol. The van der Waals surface area contributed by atoms with Crippen LogP contribution in [0.3, 0.4) is 0 Å². The largest absolute Gasteiger partial charge is 0.307 e. The van der Waals surface area contributed by atoms with Crippen LogP contribution in [0.1, 0.15) is 51.6 Å². The summed E-state index contributed by atoms with van der Waals surface area (Å²) in [6, 6.07) is 7.43. The van der Waals surface area contributed by atoms with Gasteiger partial charge in [-0.2, -0.15) is 0 Å². The summed E-state index contributed by atoms with van der Waals surface area (Å²) in [7, 11) is 0. The van der Waals surface area contributed by atoms with Crippen molar-refractivity contribution in [3.63, 3.8) is 0 Å². The highest BCUT2D eigenvalue weighted by Gasteiger charge is 2.35. The fourth-order valence-corrected chi connectivity index (χ4v) is 4.27. The summed E-state index contributed by atoms with van der Waals surface area (Å²) in [5, 5.41) is 3.80. The van der Waals surface area contributed by atoms with Crippen LogP contribution in [-0.4, -0.2) is 6.04 Å². The van der Waals surface area contributed by atoms with E-state index in [1.807, 2.05) is 0 Å². The number of nitrogens with one attached hydrogen (secondary N) is 1. The van der Waals surface area contributed by atoms with Crippen LogP contribution in [0.5, 0.6) is 0 Å². The molecule has 0 amide bonds. The predicted molar refractivity (Wildman–Crippen MR) is 84.8 cm³/mol. The van der Waals surface area contributed by atoms with E-state index in [9.17, 15) is 0 Å². The molecule has 0 spiro atoms. The van der Waals surface area contributed by atoms with Crippen molar-refractivity contribution < 1.29 is 0 Å². The molecule has 2 unspecified atom stereocenters. The summed E-state index contributed by atoms with van der Waals surface area (Å²) < 4.78 is 2.29. The standard InChI is InChI=1S/C15H21Br2N/c1-10(12-7-6-11(16)9-13(12)17)18-14-5-4-8-15(14,2)3/h6-7,9-10,14,18H,4-5,8H2,1-3H3. The molecule has 1 nitrogen and oxygen atoms in total. The molecule has 0 aromatic heterocycles. The molecule has 2 atom stereocenters. The third-order valence-corrected chi connectivity index (χ3v) is 5.32. The van der Waals surface area contributed by atoms with Gasteiger partial charge in [0.1, 0.15) is 0 Å². The molecule has 0 bridgehead atoms. The number of hydrogen-bond acceptors (Lipinski definition) is 1. The van der Waals surface area contributed by atoms with Gasteiger partial charge in [-0.15, -0.1) is 0 Å². The SMILES string of the molecule is CC(NC1CCCC1(C)C)c1ccc(Br)cc1Br. The molecule has 18 heavy (non-hydrogen) atoms. The Hall–Kier alpha value is 0.140. The first-order valence-corrected chi connectivity index (χ1v) is 8.20. The zero-order valence-electron chi connectivity index (χ0n) is 11.3. The van der Waals surface area contributed by atoms with Gasteiger partial charge in [0.25, 0.3) is 0 Å². The maximum absolute atomic E-state index is 3.80. The first-order valence-electron chi connectivity index (χ1n) is 6.61. The zero-order valence-corrected chi connectivity index (χ0v) is 14.4. The molecule has 100 valence electrons. The van der Waals surface area contributed by atoms with E-state index in [4.69, 9.17) is 0 Å². The molecular weight excluding hydrogens is 354 g/mol. The third kappa shape index (κ3) is 3.17. The van der Waals surface area contributed by atoms with Crippen LogP contribution in [0.2, 0.25) is 0 Å². The molecule has 0 saturated heterocycles. The zero-order chi connectivity index (χ0) is 13.3. The third-order valence-electron chi connectivity index (χ3n) is 4.14. The summed E-state index contributed by atoms with van der Waals surface area (Å²) in [6.45, 7) is 7.00. The molecule has 1 aromatic carbocycles. The Kier molecular flexibility index (Phi) is 4.56. The maximum atomic E-state index is 3.80. The van der Waals surface area contributed by atoms with Gasteiger partial charge in [0.2, 0.25) is 0 Å². The molecule has 1 aromatic rings. The van der Waals surface area contributed by atoms with Gasteiger partial charge in [0.05, 0.1) is 0 Å². The molecule has 2 rings (SSSR count). The van der Waals surface area contributed by atoms with Gasteiger partial charge < -0.3 is 5.32 Å². The van der Waals surface area contributed by atoms with Crippen LogP contribution in [0.15, 0.2) is 27.1 Å². The van der Waals surface area contributed by atoms with Gasteiger partial charge in [-0.1, -0.05) is 58.2 Å². The van der Waals surface area contributed by atoms with Crippen LogP contribution in [0.4, 0.5) is 0 Å². The van der Waals surface area contributed by atoms with Crippen molar-refractivity contribution >= 4 is 31.9 Å². The van der Waals surface area contributed by atoms with Crippen molar-refractivity contribution in [1.29, 1.82) is 0 Å². The molecule has 0 aliphatic heterocycles. The molecule has 0 radical (unpaired) electrons. The lowest BCUT2D eigenvalue weighted by Crippen LogP contribution is -2.39. The second-order valence-corrected chi connectivity index (χ2v) is 7.76. The van der Waals surface area contributed by atoms with Crippen molar-refractivity contribution in [2.24, 2.45) is 5.41 Å². The van der Waals surface area contributed by atoms with Crippen LogP contribution >= 0.6 is 31.9 Å². The van der Waals surface area contributed by atoms with Crippen molar-refractivity contribution in [2.75, 3.05) is 0 Å². The van der Waals surface area contributed by atoms with Crippen LogP contribution < -0.4 is 5.32 Å². The van der Waals surface area contributed by atoms with Crippen LogP contribution in [-0.2, 0) is 0 Å². The van der Waals surface area contributed by atoms with E-state index in [-0.39, 0.29) is 0 Å². The second-order valence-electron chi connectivity index (χ2n) is 5.99. The van der Waals surface area contributed by atoms with Crippen molar-refractivity contribution in [1.82, 2.24) is 5.32 Å². The highest BCUT2D eigenvalue weighted by atomic mass is 79.9. The van der Waals surface area contributed by atoms with Gasteiger partial charge in [-0.05, 0) is 42.9 Å². The topological polar surface area (TPSA) is 12.0 Å². The van der Waals surface area contributed by atoms with Crippen molar-refractivity contribution in [3.8, 4) is 0 Å². The minimum absolute atomic E-state index is 0.384. The first-order chi connectivity index (χ1) is 8.40. The first kappa shape index (κ1) is 14.5. The molecular formula is C15H21Br2N. The lowest BCUT2D eigenvalue weighted by molar-refractivity contribution is 0.266. The van der Waals surface area contributed by atoms with E-state index >= 15 is 0 Å². The lowest BCUT2D eigenvalue weighted by atomic mass is 9.86. The van der Waals surface area contributed by atoms with Gasteiger partial charge in [-0.3, -0.25) is 0 Å². The number of benzene rings is 1. The maximum Gasteiger partial charge on any atom is 0.0305 e. The molecule has 1 fully saturated rings. The Balaban J connectivity index is 2.10. The van der Waals surface area contributed by atoms with Crippen LogP contribution in [0.25, 0.3) is 0 Å². The summed E-state index contributed by atoms with van der Waals surface area (Å²) in [6.07, 6.45) is 3.98. The highest BCUT2D eigenvalue weighted by molar-refractivity contribution is 9.11. The van der Waals surface area contributed by atoms with Crippen molar-refractivity contribution in [2.45, 2.75) is 52.1 Å². The van der Waals surface area contributed by atoms with Crippen LogP contribution in [0, 0.1) is 5.41 Å². The summed E-state index contributed by atoms with van der Waals surface area (Å²) >= 11 is 7.16. The molecule has 1 aliphatic carbocycles. The second kappa shape index (κ2) is 5.64. The van der Waals surface area contributed by atoms with E-state index in [1.165, 1.54) is 29.3 Å². The molecule has 1 aliphatic rings. The predicted octanol–water partition coefficient (Wildman–Crippen LogP) is 5.44. The minimum atomic E-state index is 0.384. The lowest BCUT2D eigenvalue weighted by Gasteiger charge is -2.31. The Morgan fingerprint density at radius 1 is 1.33 bits per heavy atom. The molecule has 3 heteroatoms. The molecule has 1 N–H and O–H groups in total. The number of rotatable bonds is 3. The number of hydrogen-bond donors (Lipinski definition) is 1. The van der Waals surface area contributed by atoms with Gasteiger partial charge >= 0.3 is 0 Å². The molecule has 0 heterocycles. The quantitative estimate of drug-likeness (QED) is 0.742. The average Bonchev–Trinajstić information content (AvgIpc) is 2.58. The molecule has 1 saturated carbocycles. The van der Waals surface area contributed by atoms with Gasteiger partial charge in [-0.25, -0.2) is 0 Å². The fraction of sp³-hybridized carbons (Fsp3) is 0.600. The van der Waals surface area contributed by atoms with E-state index in [1.54, 1.807) is 0 Å². The van der Waals surface area contributed by atoms with E-state index < -0.39 is 0 Å². The monoisotopic (exact) mass is 373 g/mol. The fourth-order valence-electron chi connectivity index (χ4n) is 2.88. The van der Waals surface area contributed by atoms with E-state index in [0.29, 0.717) is 17.5 Å².